The molecule has 0 amide bonds. The van der Waals surface area contributed by atoms with E-state index in [2.05, 4.69) is 21.5 Å². The number of hydrogen-bond donors (Lipinski definition) is 3. The van der Waals surface area contributed by atoms with Crippen LogP contribution in [-0.2, 0) is 13.6 Å². The molecule has 1 unspecified atom stereocenters. The van der Waals surface area contributed by atoms with E-state index in [1.54, 1.807) is 14.1 Å². The number of aryl methyl sites for hydroxylation is 1. The second-order valence-electron chi connectivity index (χ2n) is 7.23. The van der Waals surface area contributed by atoms with E-state index in [9.17, 15) is 19.6 Å². The van der Waals surface area contributed by atoms with Crippen LogP contribution in [0.2, 0.25) is 0 Å². The molecular formula is C21H19B2FN6O3. The fourth-order valence-electron chi connectivity index (χ4n) is 3.58. The van der Waals surface area contributed by atoms with Gasteiger partial charge in [-0.15, -0.1) is 0 Å². The van der Waals surface area contributed by atoms with Gasteiger partial charge in [-0.2, -0.15) is 10.4 Å². The number of aromatic nitrogens is 3. The monoisotopic (exact) mass is 444 g/mol. The number of carboxylic acids is 1. The highest BCUT2D eigenvalue weighted by atomic mass is 19.1. The van der Waals surface area contributed by atoms with E-state index in [1.165, 1.54) is 11.6 Å². The molecule has 0 saturated heterocycles. The summed E-state index contributed by atoms with van der Waals surface area (Å²) < 4.78 is 21.1. The molecule has 0 bridgehead atoms. The lowest BCUT2D eigenvalue weighted by Gasteiger charge is -2.22. The molecule has 4 N–H and O–H groups in total. The largest absolute Gasteiger partial charge is 0.483 e. The maximum Gasteiger partial charge on any atom is 0.336 e. The van der Waals surface area contributed by atoms with Crippen molar-refractivity contribution in [3.05, 3.63) is 46.5 Å². The highest BCUT2D eigenvalue weighted by Gasteiger charge is 2.26. The number of hydrogen-bond acceptors (Lipinski definition) is 7. The van der Waals surface area contributed by atoms with Crippen molar-refractivity contribution in [3.8, 4) is 22.9 Å². The molecule has 0 aliphatic carbocycles. The van der Waals surface area contributed by atoms with Crippen LogP contribution in [0.4, 0.5) is 10.2 Å². The summed E-state index contributed by atoms with van der Waals surface area (Å²) in [7, 11) is 15.8. The smallest absolute Gasteiger partial charge is 0.336 e. The standard InChI is InChI=1S/C21H19B2FN6O3/c1-9(12-6-10(24)4-5-11(12)21(31)32)33-18-17(22)16(19(23)28-20(18)26)15-13(8-27-2)29-30(3)14(15)7-25/h4-6,9,27H,8H2,1-3H3,(H2,26,28)(H,31,32). The average molecular weight is 444 g/mol. The summed E-state index contributed by atoms with van der Waals surface area (Å²) in [6.45, 7) is 1.83. The van der Waals surface area contributed by atoms with Gasteiger partial charge in [-0.3, -0.25) is 4.68 Å². The van der Waals surface area contributed by atoms with Crippen LogP contribution >= 0.6 is 0 Å². The van der Waals surface area contributed by atoms with Crippen molar-refractivity contribution >= 4 is 38.5 Å². The van der Waals surface area contributed by atoms with Crippen LogP contribution < -0.4 is 26.8 Å². The van der Waals surface area contributed by atoms with Gasteiger partial charge in [0.2, 0.25) is 0 Å². The number of ether oxygens (including phenoxy) is 1. The number of carboxylic acid groups (broad SMARTS) is 1. The van der Waals surface area contributed by atoms with E-state index in [0.717, 1.165) is 18.2 Å². The first-order valence-corrected chi connectivity index (χ1v) is 9.75. The highest BCUT2D eigenvalue weighted by Crippen LogP contribution is 2.31. The normalized spacial score (nSPS) is 11.7. The molecule has 1 aromatic carbocycles. The third kappa shape index (κ3) is 4.40. The molecule has 12 heteroatoms. The number of benzene rings is 1. The second kappa shape index (κ2) is 9.34. The Hall–Kier alpha value is -3.84. The van der Waals surface area contributed by atoms with Gasteiger partial charge in [-0.25, -0.2) is 14.2 Å². The Bertz CT molecular complexity index is 1290. The quantitative estimate of drug-likeness (QED) is 0.440. The molecule has 0 aliphatic rings. The number of nitrogens with one attached hydrogen (secondary N) is 1. The van der Waals surface area contributed by atoms with E-state index >= 15 is 0 Å². The van der Waals surface area contributed by atoms with Crippen molar-refractivity contribution in [2.45, 2.75) is 19.6 Å². The average Bonchev–Trinajstić information content (AvgIpc) is 3.05. The first kappa shape index (κ1) is 23.8. The molecule has 9 nitrogen and oxygen atoms in total. The molecule has 4 radical (unpaired) electrons. The lowest BCUT2D eigenvalue weighted by atomic mass is 9.80. The maximum absolute atomic E-state index is 13.8. The fraction of sp³-hybridized carbons (Fsp3) is 0.238. The Balaban J connectivity index is 2.17. The summed E-state index contributed by atoms with van der Waals surface area (Å²) in [5.74, 6) is -2.10. The Morgan fingerprint density at radius 2 is 2.12 bits per heavy atom. The number of anilines is 1. The molecule has 0 saturated carbocycles. The summed E-state index contributed by atoms with van der Waals surface area (Å²) in [6.07, 6.45) is -0.962. The van der Waals surface area contributed by atoms with Gasteiger partial charge in [0.1, 0.15) is 39.4 Å². The zero-order valence-corrected chi connectivity index (χ0v) is 18.2. The number of nitrogens with zero attached hydrogens (tertiary/aromatic N) is 4. The number of halogens is 1. The summed E-state index contributed by atoms with van der Waals surface area (Å²) in [5.41, 5.74) is 7.17. The van der Waals surface area contributed by atoms with Gasteiger partial charge in [0.05, 0.1) is 11.3 Å². The minimum absolute atomic E-state index is 0.0121. The van der Waals surface area contributed by atoms with Crippen LogP contribution in [0.25, 0.3) is 11.1 Å². The number of rotatable bonds is 7. The van der Waals surface area contributed by atoms with E-state index in [4.69, 9.17) is 26.2 Å². The number of pyridine rings is 1. The number of nitrogens with two attached hydrogens (primary N) is 1. The molecule has 0 aliphatic heterocycles. The van der Waals surface area contributed by atoms with Gasteiger partial charge in [0.25, 0.3) is 0 Å². The van der Waals surface area contributed by atoms with Gasteiger partial charge in [0.15, 0.2) is 11.6 Å². The summed E-state index contributed by atoms with van der Waals surface area (Å²) >= 11 is 0. The first-order chi connectivity index (χ1) is 15.6. The predicted molar refractivity (Wildman–Crippen MR) is 122 cm³/mol. The molecule has 1 atom stereocenters. The fourth-order valence-corrected chi connectivity index (χ4v) is 3.58. The van der Waals surface area contributed by atoms with E-state index in [0.29, 0.717) is 17.8 Å². The molecule has 33 heavy (non-hydrogen) atoms. The minimum Gasteiger partial charge on any atom is -0.483 e. The predicted octanol–water partition coefficient (Wildman–Crippen LogP) is 0.220. The van der Waals surface area contributed by atoms with E-state index in [-0.39, 0.29) is 45.0 Å². The molecule has 3 aromatic rings. The molecule has 0 spiro atoms. The Morgan fingerprint density at radius 1 is 1.42 bits per heavy atom. The van der Waals surface area contributed by atoms with Crippen LogP contribution in [0.15, 0.2) is 18.2 Å². The third-order valence-electron chi connectivity index (χ3n) is 5.04. The van der Waals surface area contributed by atoms with Crippen molar-refractivity contribution in [2.75, 3.05) is 12.8 Å². The Kier molecular flexibility index (Phi) is 6.74. The van der Waals surface area contributed by atoms with Crippen LogP contribution in [0.1, 0.15) is 40.3 Å². The molecular weight excluding hydrogens is 425 g/mol. The van der Waals surface area contributed by atoms with Gasteiger partial charge in [-0.05, 0) is 48.8 Å². The number of nitrogen functional groups attached to an aromatic ring is 1. The minimum atomic E-state index is -1.25. The van der Waals surface area contributed by atoms with Gasteiger partial charge in [-0.1, -0.05) is 0 Å². The van der Waals surface area contributed by atoms with E-state index < -0.39 is 17.9 Å². The lowest BCUT2D eigenvalue weighted by molar-refractivity contribution is 0.0691. The summed E-state index contributed by atoms with van der Waals surface area (Å²) in [4.78, 5) is 15.7. The summed E-state index contributed by atoms with van der Waals surface area (Å²) in [6, 6.07) is 5.32. The molecule has 2 aromatic heterocycles. The number of nitriles is 1. The lowest BCUT2D eigenvalue weighted by Crippen LogP contribution is -2.28. The number of aromatic carboxylic acids is 1. The van der Waals surface area contributed by atoms with Crippen LogP contribution in [-0.4, -0.2) is 48.6 Å². The highest BCUT2D eigenvalue weighted by molar-refractivity contribution is 6.45. The SMILES string of the molecule is [B]c1nc(N)c(OC(C)c2cc(F)ccc2C(=O)O)c([B])c1-c1c(CNC)nn(C)c1C#N. The van der Waals surface area contributed by atoms with Gasteiger partial charge < -0.3 is 20.9 Å². The topological polar surface area (TPSA) is 139 Å². The van der Waals surface area contributed by atoms with Crippen LogP contribution in [0.3, 0.4) is 0 Å². The maximum atomic E-state index is 13.8. The van der Waals surface area contributed by atoms with Gasteiger partial charge in [0, 0.05) is 24.7 Å². The van der Waals surface area contributed by atoms with Crippen molar-refractivity contribution in [2.24, 2.45) is 7.05 Å². The Morgan fingerprint density at radius 3 is 2.73 bits per heavy atom. The zero-order valence-electron chi connectivity index (χ0n) is 18.2. The second-order valence-corrected chi connectivity index (χ2v) is 7.23. The van der Waals surface area contributed by atoms with Crippen molar-refractivity contribution in [3.63, 3.8) is 0 Å². The summed E-state index contributed by atoms with van der Waals surface area (Å²) in [5, 5.41) is 26.4. The van der Waals surface area contributed by atoms with E-state index in [1.807, 2.05) is 0 Å². The number of carbonyl (C=O) groups is 1. The molecule has 0 fully saturated rings. The van der Waals surface area contributed by atoms with Crippen LogP contribution in [0.5, 0.6) is 5.75 Å². The van der Waals surface area contributed by atoms with Crippen molar-refractivity contribution in [1.82, 2.24) is 20.1 Å². The first-order valence-electron chi connectivity index (χ1n) is 9.75. The Labute approximate surface area is 192 Å². The van der Waals surface area contributed by atoms with Crippen molar-refractivity contribution in [1.29, 1.82) is 5.26 Å². The van der Waals surface area contributed by atoms with Crippen LogP contribution in [0, 0.1) is 17.1 Å². The third-order valence-corrected chi connectivity index (χ3v) is 5.04. The zero-order chi connectivity index (χ0) is 24.4. The van der Waals surface area contributed by atoms with Gasteiger partial charge >= 0.3 is 5.97 Å². The molecule has 164 valence electrons. The van der Waals surface area contributed by atoms with Crippen molar-refractivity contribution < 1.29 is 19.0 Å². The molecule has 2 heterocycles. The molecule has 3 rings (SSSR count).